The first kappa shape index (κ1) is 18.8. The van der Waals surface area contributed by atoms with Gasteiger partial charge in [-0.15, -0.1) is 0 Å². The summed E-state index contributed by atoms with van der Waals surface area (Å²) in [7, 11) is 0. The molecule has 2 aromatic carbocycles. The summed E-state index contributed by atoms with van der Waals surface area (Å²) >= 11 is 6.17. The van der Waals surface area contributed by atoms with Crippen LogP contribution in [0.3, 0.4) is 0 Å². The third kappa shape index (κ3) is 4.83. The molecule has 0 bridgehead atoms. The topological polar surface area (TPSA) is 83.1 Å². The summed E-state index contributed by atoms with van der Waals surface area (Å²) in [5.74, 6) is 0.481. The molecule has 0 radical (unpaired) electrons. The molecular formula is C19H18ClNO6. The molecule has 0 saturated carbocycles. The zero-order valence-corrected chi connectivity index (χ0v) is 15.4. The van der Waals surface area contributed by atoms with Crippen LogP contribution >= 0.6 is 11.6 Å². The van der Waals surface area contributed by atoms with Crippen molar-refractivity contribution in [2.75, 3.05) is 31.7 Å². The Balaban J connectivity index is 1.68. The van der Waals surface area contributed by atoms with Crippen LogP contribution in [-0.4, -0.2) is 38.3 Å². The molecule has 0 atom stereocenters. The van der Waals surface area contributed by atoms with E-state index in [1.165, 1.54) is 6.07 Å². The second-order valence-corrected chi connectivity index (χ2v) is 5.97. The predicted molar refractivity (Wildman–Crippen MR) is 99.0 cm³/mol. The van der Waals surface area contributed by atoms with Crippen molar-refractivity contribution in [3.8, 4) is 17.2 Å². The molecule has 1 amide bonds. The fourth-order valence-electron chi connectivity index (χ4n) is 2.45. The van der Waals surface area contributed by atoms with Gasteiger partial charge in [0.05, 0.1) is 11.6 Å². The lowest BCUT2D eigenvalue weighted by atomic mass is 10.1. The van der Waals surface area contributed by atoms with Crippen LogP contribution in [0.5, 0.6) is 17.2 Å². The van der Waals surface area contributed by atoms with Crippen molar-refractivity contribution >= 4 is 29.2 Å². The van der Waals surface area contributed by atoms with Gasteiger partial charge in [-0.1, -0.05) is 17.7 Å². The second kappa shape index (κ2) is 8.64. The van der Waals surface area contributed by atoms with Gasteiger partial charge in [-0.2, -0.15) is 0 Å². The fraction of sp³-hybridized carbons (Fsp3) is 0.263. The van der Waals surface area contributed by atoms with E-state index >= 15 is 0 Å². The highest BCUT2D eigenvalue weighted by Crippen LogP contribution is 2.38. The van der Waals surface area contributed by atoms with E-state index in [4.69, 9.17) is 30.5 Å². The maximum atomic E-state index is 12.5. The number of anilines is 1. The zero-order valence-electron chi connectivity index (χ0n) is 14.6. The average Bonchev–Trinajstić information content (AvgIpc) is 2.67. The summed E-state index contributed by atoms with van der Waals surface area (Å²) in [5.41, 5.74) is 0.842. The molecule has 1 aliphatic rings. The number of rotatable bonds is 6. The second-order valence-electron chi connectivity index (χ2n) is 5.56. The van der Waals surface area contributed by atoms with E-state index in [0.717, 1.165) is 0 Å². The standard InChI is InChI=1S/C19H18ClNO6/c1-2-24-17(22)11-27-14-5-3-4-13(10-14)21-19(23)12-8-15(20)18-16(9-12)25-6-7-26-18/h3-5,8-10H,2,6-7,11H2,1H3,(H,21,23). The SMILES string of the molecule is CCOC(=O)COc1cccc(NC(=O)c2cc(Cl)c3c(c2)OCCO3)c1. The van der Waals surface area contributed by atoms with Crippen LogP contribution in [0.25, 0.3) is 0 Å². The van der Waals surface area contributed by atoms with Crippen molar-refractivity contribution in [2.24, 2.45) is 0 Å². The van der Waals surface area contributed by atoms with E-state index in [1.807, 2.05) is 0 Å². The van der Waals surface area contributed by atoms with Gasteiger partial charge in [0.15, 0.2) is 18.1 Å². The van der Waals surface area contributed by atoms with Gasteiger partial charge in [-0.25, -0.2) is 4.79 Å². The summed E-state index contributed by atoms with van der Waals surface area (Å²) in [6, 6.07) is 9.79. The monoisotopic (exact) mass is 391 g/mol. The van der Waals surface area contributed by atoms with Crippen LogP contribution in [0.4, 0.5) is 5.69 Å². The van der Waals surface area contributed by atoms with Crippen LogP contribution in [-0.2, 0) is 9.53 Å². The van der Waals surface area contributed by atoms with Crippen LogP contribution in [0.1, 0.15) is 17.3 Å². The minimum absolute atomic E-state index is 0.205. The van der Waals surface area contributed by atoms with Crippen LogP contribution in [0.15, 0.2) is 36.4 Å². The molecule has 3 rings (SSSR count). The summed E-state index contributed by atoms with van der Waals surface area (Å²) < 4.78 is 21.1. The van der Waals surface area contributed by atoms with Crippen molar-refractivity contribution in [3.05, 3.63) is 47.0 Å². The summed E-state index contributed by atoms with van der Waals surface area (Å²) in [5, 5.41) is 3.06. The van der Waals surface area contributed by atoms with Gasteiger partial charge >= 0.3 is 5.97 Å². The molecule has 1 aliphatic heterocycles. The first-order chi connectivity index (χ1) is 13.1. The van der Waals surface area contributed by atoms with Gasteiger partial charge in [-0.05, 0) is 31.2 Å². The molecule has 0 saturated heterocycles. The first-order valence-corrected chi connectivity index (χ1v) is 8.73. The maximum absolute atomic E-state index is 12.5. The number of fused-ring (bicyclic) bond motifs is 1. The average molecular weight is 392 g/mol. The quantitative estimate of drug-likeness (QED) is 0.761. The molecule has 0 spiro atoms. The molecule has 0 aliphatic carbocycles. The number of halogens is 1. The highest BCUT2D eigenvalue weighted by Gasteiger charge is 2.19. The Bertz CT molecular complexity index is 854. The molecule has 142 valence electrons. The van der Waals surface area contributed by atoms with Gasteiger partial charge in [0.25, 0.3) is 5.91 Å². The Hall–Kier alpha value is -2.93. The number of hydrogen-bond donors (Lipinski definition) is 1. The van der Waals surface area contributed by atoms with E-state index in [9.17, 15) is 9.59 Å². The Morgan fingerprint density at radius 1 is 1.19 bits per heavy atom. The fourth-order valence-corrected chi connectivity index (χ4v) is 2.72. The highest BCUT2D eigenvalue weighted by molar-refractivity contribution is 6.32. The van der Waals surface area contributed by atoms with Gasteiger partial charge in [-0.3, -0.25) is 4.79 Å². The lowest BCUT2D eigenvalue weighted by molar-refractivity contribution is -0.145. The normalized spacial score (nSPS) is 12.2. The van der Waals surface area contributed by atoms with E-state index in [0.29, 0.717) is 46.7 Å². The molecular weight excluding hydrogens is 374 g/mol. The number of ether oxygens (including phenoxy) is 4. The van der Waals surface area contributed by atoms with Crippen molar-refractivity contribution in [1.82, 2.24) is 0 Å². The van der Waals surface area contributed by atoms with Crippen LogP contribution < -0.4 is 19.5 Å². The molecule has 1 N–H and O–H groups in total. The molecule has 8 heteroatoms. The number of benzene rings is 2. The number of hydrogen-bond acceptors (Lipinski definition) is 6. The summed E-state index contributed by atoms with van der Waals surface area (Å²) in [6.07, 6.45) is 0. The number of carbonyl (C=O) groups excluding carboxylic acids is 2. The van der Waals surface area contributed by atoms with Crippen LogP contribution in [0, 0.1) is 0 Å². The number of nitrogens with one attached hydrogen (secondary N) is 1. The number of esters is 1. The predicted octanol–water partition coefficient (Wildman–Crippen LogP) is 3.31. The summed E-state index contributed by atoms with van der Waals surface area (Å²) in [4.78, 5) is 23.9. The van der Waals surface area contributed by atoms with E-state index < -0.39 is 5.97 Å². The van der Waals surface area contributed by atoms with Crippen molar-refractivity contribution < 1.29 is 28.5 Å². The third-order valence-corrected chi connectivity index (χ3v) is 3.89. The van der Waals surface area contributed by atoms with Crippen molar-refractivity contribution in [3.63, 3.8) is 0 Å². The van der Waals surface area contributed by atoms with Crippen molar-refractivity contribution in [1.29, 1.82) is 0 Å². The number of carbonyl (C=O) groups is 2. The number of amides is 1. The molecule has 2 aromatic rings. The molecule has 27 heavy (non-hydrogen) atoms. The van der Waals surface area contributed by atoms with Gasteiger partial charge in [0.2, 0.25) is 0 Å². The van der Waals surface area contributed by atoms with Gasteiger partial charge < -0.3 is 24.3 Å². The van der Waals surface area contributed by atoms with Gasteiger partial charge in [0, 0.05) is 17.3 Å². The smallest absolute Gasteiger partial charge is 0.344 e. The van der Waals surface area contributed by atoms with Crippen molar-refractivity contribution in [2.45, 2.75) is 6.92 Å². The Labute approximate surface area is 161 Å². The van der Waals surface area contributed by atoms with E-state index in [2.05, 4.69) is 5.32 Å². The van der Waals surface area contributed by atoms with Crippen LogP contribution in [0.2, 0.25) is 5.02 Å². The maximum Gasteiger partial charge on any atom is 0.344 e. The molecule has 0 aromatic heterocycles. The summed E-state index contributed by atoms with van der Waals surface area (Å²) in [6.45, 7) is 2.61. The van der Waals surface area contributed by atoms with Gasteiger partial charge in [0.1, 0.15) is 19.0 Å². The zero-order chi connectivity index (χ0) is 19.2. The first-order valence-electron chi connectivity index (χ1n) is 8.36. The lowest BCUT2D eigenvalue weighted by Crippen LogP contribution is -2.18. The molecule has 7 nitrogen and oxygen atoms in total. The van der Waals surface area contributed by atoms with E-state index in [1.54, 1.807) is 37.3 Å². The Morgan fingerprint density at radius 3 is 2.81 bits per heavy atom. The molecule has 0 unspecified atom stereocenters. The molecule has 0 fully saturated rings. The molecule has 1 heterocycles. The lowest BCUT2D eigenvalue weighted by Gasteiger charge is -2.20. The highest BCUT2D eigenvalue weighted by atomic mass is 35.5. The Morgan fingerprint density at radius 2 is 2.00 bits per heavy atom. The largest absolute Gasteiger partial charge is 0.486 e. The minimum atomic E-state index is -0.460. The minimum Gasteiger partial charge on any atom is -0.486 e. The van der Waals surface area contributed by atoms with E-state index in [-0.39, 0.29) is 19.1 Å². The third-order valence-electron chi connectivity index (χ3n) is 3.61. The Kier molecular flexibility index (Phi) is 6.03.